The van der Waals surface area contributed by atoms with Gasteiger partial charge in [0.25, 0.3) is 0 Å². The Balaban J connectivity index is 2.06. The predicted molar refractivity (Wildman–Crippen MR) is 100 cm³/mol. The van der Waals surface area contributed by atoms with E-state index in [-0.39, 0.29) is 19.0 Å². The first-order valence-corrected chi connectivity index (χ1v) is 9.39. The van der Waals surface area contributed by atoms with E-state index in [9.17, 15) is 24.6 Å². The second kappa shape index (κ2) is 9.81. The number of aliphatic hydroxyl groups is 2. The predicted octanol–water partition coefficient (Wildman–Crippen LogP) is 0.554. The van der Waals surface area contributed by atoms with Crippen LogP contribution in [0.4, 0.5) is 10.6 Å². The summed E-state index contributed by atoms with van der Waals surface area (Å²) in [7, 11) is 0. The van der Waals surface area contributed by atoms with E-state index >= 15 is 0 Å². The Kier molecular flexibility index (Phi) is 7.71. The second-order valence-corrected chi connectivity index (χ2v) is 6.97. The third-order valence-electron chi connectivity index (χ3n) is 4.50. The van der Waals surface area contributed by atoms with Crippen LogP contribution in [0.1, 0.15) is 46.3 Å². The summed E-state index contributed by atoms with van der Waals surface area (Å²) in [6.45, 7) is 4.50. The molecule has 1 aliphatic heterocycles. The highest BCUT2D eigenvalue weighted by molar-refractivity contribution is 5.83. The quantitative estimate of drug-likeness (QED) is 0.410. The van der Waals surface area contributed by atoms with Crippen molar-refractivity contribution in [1.82, 2.24) is 9.55 Å². The lowest BCUT2D eigenvalue weighted by Gasteiger charge is -2.27. The fourth-order valence-electron chi connectivity index (χ4n) is 2.90. The molecule has 11 heteroatoms. The van der Waals surface area contributed by atoms with E-state index in [0.717, 1.165) is 23.8 Å². The van der Waals surface area contributed by atoms with Crippen LogP contribution >= 0.6 is 0 Å². The van der Waals surface area contributed by atoms with Crippen LogP contribution in [-0.4, -0.2) is 62.8 Å². The van der Waals surface area contributed by atoms with Crippen molar-refractivity contribution in [1.29, 1.82) is 0 Å². The van der Waals surface area contributed by atoms with Crippen molar-refractivity contribution >= 4 is 17.9 Å². The average Bonchev–Trinajstić information content (AvgIpc) is 2.87. The number of amides is 1. The smallest absolute Gasteiger partial charge is 0.412 e. The number of esters is 1. The lowest BCUT2D eigenvalue weighted by atomic mass is 9.96. The molecule has 0 unspecified atom stereocenters. The molecule has 0 aromatic carbocycles. The summed E-state index contributed by atoms with van der Waals surface area (Å²) in [6, 6.07) is 1.33. The van der Waals surface area contributed by atoms with E-state index in [1.54, 1.807) is 0 Å². The molecule has 1 saturated heterocycles. The van der Waals surface area contributed by atoms with Gasteiger partial charge in [-0.1, -0.05) is 19.8 Å². The highest BCUT2D eigenvalue weighted by atomic mass is 16.6. The van der Waals surface area contributed by atoms with Crippen molar-refractivity contribution in [3.63, 3.8) is 0 Å². The van der Waals surface area contributed by atoms with E-state index in [1.165, 1.54) is 26.1 Å². The maximum atomic E-state index is 12.4. The number of nitrogens with zero attached hydrogens (tertiary/aromatic N) is 2. The van der Waals surface area contributed by atoms with Crippen molar-refractivity contribution in [2.24, 2.45) is 0 Å². The van der Waals surface area contributed by atoms with Crippen LogP contribution in [0.5, 0.6) is 0 Å². The fraction of sp³-hybridized carbons (Fsp3) is 0.667. The zero-order valence-corrected chi connectivity index (χ0v) is 16.7. The number of carbonyl (C=O) groups is 2. The number of aliphatic hydroxyl groups excluding tert-OH is 1. The van der Waals surface area contributed by atoms with Gasteiger partial charge in [0, 0.05) is 13.1 Å². The number of rotatable bonds is 8. The molecule has 0 bridgehead atoms. The molecule has 162 valence electrons. The van der Waals surface area contributed by atoms with Crippen molar-refractivity contribution in [2.75, 3.05) is 18.5 Å². The van der Waals surface area contributed by atoms with Crippen LogP contribution < -0.4 is 11.0 Å². The van der Waals surface area contributed by atoms with Gasteiger partial charge in [0.15, 0.2) is 6.23 Å². The van der Waals surface area contributed by atoms with Crippen molar-refractivity contribution in [3.05, 3.63) is 22.7 Å². The highest BCUT2D eigenvalue weighted by Gasteiger charge is 2.53. The molecule has 0 aliphatic carbocycles. The zero-order valence-electron chi connectivity index (χ0n) is 16.7. The number of anilines is 1. The summed E-state index contributed by atoms with van der Waals surface area (Å²) in [5.74, 6) is -0.596. The highest BCUT2D eigenvalue weighted by Crippen LogP contribution is 2.37. The minimum absolute atomic E-state index is 0.0265. The first kappa shape index (κ1) is 22.8. The van der Waals surface area contributed by atoms with Gasteiger partial charge in [0.2, 0.25) is 0 Å². The van der Waals surface area contributed by atoms with Crippen LogP contribution in [0.3, 0.4) is 0 Å². The molecule has 1 amide bonds. The number of aromatic nitrogens is 2. The first-order chi connectivity index (χ1) is 13.7. The molecule has 4 atom stereocenters. The fourth-order valence-corrected chi connectivity index (χ4v) is 2.90. The molecular formula is C18H27N3O8. The standard InChI is InChI=1S/C18H27N3O8/c1-4-5-6-9-27-17(25)20-13-7-8-21(16(24)19-13)15-18(3,26)14(23)12(29-15)10-28-11(2)22/h7-8,12,14-15,23,26H,4-6,9-10H2,1-3H3,(H,19,20,24,25)/t12-,14-,15-,18-/m1/s1. The lowest BCUT2D eigenvalue weighted by Crippen LogP contribution is -2.46. The minimum Gasteiger partial charge on any atom is -0.463 e. The summed E-state index contributed by atoms with van der Waals surface area (Å²) in [5, 5.41) is 23.2. The molecule has 0 saturated carbocycles. The maximum absolute atomic E-state index is 12.4. The van der Waals surface area contributed by atoms with E-state index in [2.05, 4.69) is 10.3 Å². The van der Waals surface area contributed by atoms with Crippen molar-refractivity contribution in [2.45, 2.75) is 64.1 Å². The van der Waals surface area contributed by atoms with Crippen LogP contribution in [-0.2, 0) is 19.0 Å². The van der Waals surface area contributed by atoms with Gasteiger partial charge in [-0.2, -0.15) is 4.98 Å². The summed E-state index contributed by atoms with van der Waals surface area (Å²) in [6.07, 6.45) is -0.496. The van der Waals surface area contributed by atoms with Gasteiger partial charge in [0.1, 0.15) is 30.2 Å². The Morgan fingerprint density at radius 2 is 2.10 bits per heavy atom. The molecule has 1 fully saturated rings. The second-order valence-electron chi connectivity index (χ2n) is 6.97. The third-order valence-corrected chi connectivity index (χ3v) is 4.50. The molecule has 1 aliphatic rings. The van der Waals surface area contributed by atoms with E-state index < -0.39 is 41.8 Å². The maximum Gasteiger partial charge on any atom is 0.412 e. The Labute approximate surface area is 167 Å². The van der Waals surface area contributed by atoms with E-state index in [1.807, 2.05) is 6.92 Å². The molecule has 1 aromatic heterocycles. The molecule has 29 heavy (non-hydrogen) atoms. The normalized spacial score (nSPS) is 26.2. The van der Waals surface area contributed by atoms with Gasteiger partial charge < -0.3 is 24.4 Å². The summed E-state index contributed by atoms with van der Waals surface area (Å²) < 4.78 is 16.3. The number of ether oxygens (including phenoxy) is 3. The number of hydrogen-bond donors (Lipinski definition) is 3. The SMILES string of the molecule is CCCCCOC(=O)Nc1ccn([C@@H]2O[C@H](COC(C)=O)[C@@H](O)[C@@]2(C)O)c(=O)n1. The average molecular weight is 413 g/mol. The molecule has 1 aromatic rings. The Morgan fingerprint density at radius 3 is 2.72 bits per heavy atom. The van der Waals surface area contributed by atoms with Crippen LogP contribution in [0.15, 0.2) is 17.1 Å². The number of carbonyl (C=O) groups excluding carboxylic acids is 2. The molecule has 2 heterocycles. The monoisotopic (exact) mass is 413 g/mol. The molecule has 2 rings (SSSR count). The van der Waals surface area contributed by atoms with Crippen LogP contribution in [0, 0.1) is 0 Å². The topological polar surface area (TPSA) is 149 Å². The largest absolute Gasteiger partial charge is 0.463 e. The number of hydrogen-bond acceptors (Lipinski definition) is 9. The van der Waals surface area contributed by atoms with E-state index in [0.29, 0.717) is 0 Å². The van der Waals surface area contributed by atoms with Crippen LogP contribution in [0.25, 0.3) is 0 Å². The Hall–Kier alpha value is -2.50. The van der Waals surface area contributed by atoms with Gasteiger partial charge in [-0.05, 0) is 19.4 Å². The summed E-state index contributed by atoms with van der Waals surface area (Å²) in [5.41, 5.74) is -2.66. The Bertz CT molecular complexity index is 779. The van der Waals surface area contributed by atoms with Gasteiger partial charge in [-0.25, -0.2) is 9.59 Å². The molecular weight excluding hydrogens is 386 g/mol. The molecule has 3 N–H and O–H groups in total. The Morgan fingerprint density at radius 1 is 1.38 bits per heavy atom. The third kappa shape index (κ3) is 5.75. The molecule has 0 radical (unpaired) electrons. The lowest BCUT2D eigenvalue weighted by molar-refractivity contribution is -0.147. The summed E-state index contributed by atoms with van der Waals surface area (Å²) >= 11 is 0. The molecule has 11 nitrogen and oxygen atoms in total. The zero-order chi connectivity index (χ0) is 21.6. The van der Waals surface area contributed by atoms with Crippen LogP contribution in [0.2, 0.25) is 0 Å². The van der Waals surface area contributed by atoms with Crippen molar-refractivity contribution in [3.8, 4) is 0 Å². The van der Waals surface area contributed by atoms with E-state index in [4.69, 9.17) is 14.2 Å². The molecule has 0 spiro atoms. The van der Waals surface area contributed by atoms with Gasteiger partial charge in [-0.15, -0.1) is 0 Å². The first-order valence-electron chi connectivity index (χ1n) is 9.39. The van der Waals surface area contributed by atoms with Gasteiger partial charge >= 0.3 is 17.8 Å². The number of nitrogens with one attached hydrogen (secondary N) is 1. The number of unbranched alkanes of at least 4 members (excludes halogenated alkanes) is 2. The minimum atomic E-state index is -1.84. The van der Waals surface area contributed by atoms with Gasteiger partial charge in [0.05, 0.1) is 6.61 Å². The van der Waals surface area contributed by atoms with Gasteiger partial charge in [-0.3, -0.25) is 14.7 Å². The summed E-state index contributed by atoms with van der Waals surface area (Å²) in [4.78, 5) is 38.8. The van der Waals surface area contributed by atoms with Crippen molar-refractivity contribution < 1.29 is 34.0 Å².